The number of hydrogen-bond donors (Lipinski definition) is 1. The van der Waals surface area contributed by atoms with Gasteiger partial charge in [0.15, 0.2) is 0 Å². The summed E-state index contributed by atoms with van der Waals surface area (Å²) in [5, 5.41) is 15.2. The Morgan fingerprint density at radius 1 is 1.06 bits per heavy atom. The van der Waals surface area contributed by atoms with Gasteiger partial charge in [-0.2, -0.15) is 18.4 Å². The number of nitrogens with one attached hydrogen (secondary N) is 1. The van der Waals surface area contributed by atoms with Crippen LogP contribution in [0, 0.1) is 23.7 Å². The maximum atomic E-state index is 12.9. The van der Waals surface area contributed by atoms with Gasteiger partial charge in [-0.1, -0.05) is 6.07 Å². The predicted molar refractivity (Wildman–Crippen MR) is 180 cm³/mol. The first-order chi connectivity index (χ1) is 22.8. The van der Waals surface area contributed by atoms with Crippen molar-refractivity contribution < 1.29 is 21.6 Å². The molecule has 1 aromatic carbocycles. The Bertz CT molecular complexity index is 1990. The average molecular weight is 701 g/mol. The van der Waals surface area contributed by atoms with Crippen molar-refractivity contribution in [1.82, 2.24) is 28.6 Å². The number of benzene rings is 1. The molecule has 0 radical (unpaired) electrons. The lowest BCUT2D eigenvalue weighted by Crippen LogP contribution is -2.58. The molecule has 3 aliphatic rings. The number of rotatable bonds is 9. The van der Waals surface area contributed by atoms with Gasteiger partial charge in [0, 0.05) is 86.1 Å². The quantitative estimate of drug-likeness (QED) is 0.261. The second-order valence-corrected chi connectivity index (χ2v) is 16.9. The summed E-state index contributed by atoms with van der Waals surface area (Å²) < 4.78 is 66.5. The van der Waals surface area contributed by atoms with Gasteiger partial charge in [0.1, 0.15) is 28.7 Å². The van der Waals surface area contributed by atoms with E-state index in [9.17, 15) is 26.9 Å². The maximum absolute atomic E-state index is 12.9. The largest absolute Gasteiger partial charge is 0.393 e. The highest BCUT2D eigenvalue weighted by molar-refractivity contribution is 7.88. The zero-order valence-electron chi connectivity index (χ0n) is 27.1. The fourth-order valence-electron chi connectivity index (χ4n) is 7.74. The smallest absolute Gasteiger partial charge is 0.367 e. The van der Waals surface area contributed by atoms with Crippen molar-refractivity contribution in [3.8, 4) is 6.07 Å². The predicted octanol–water partition coefficient (Wildman–Crippen LogP) is 4.97. The molecule has 1 N–H and O–H groups in total. The monoisotopic (exact) mass is 700 g/mol. The highest BCUT2D eigenvalue weighted by Gasteiger charge is 2.49. The van der Waals surface area contributed by atoms with Crippen LogP contribution in [-0.2, 0) is 29.5 Å². The molecular weight excluding hydrogens is 662 g/mol. The first kappa shape index (κ1) is 33.2. The lowest BCUT2D eigenvalue weighted by atomic mass is 9.79. The van der Waals surface area contributed by atoms with Crippen LogP contribution in [0.5, 0.6) is 0 Å². The average Bonchev–Trinajstić information content (AvgIpc) is 3.73. The van der Waals surface area contributed by atoms with Crippen molar-refractivity contribution in [3.63, 3.8) is 0 Å². The van der Waals surface area contributed by atoms with E-state index in [4.69, 9.17) is 0 Å². The summed E-state index contributed by atoms with van der Waals surface area (Å²) in [7, 11) is -3.15. The molecule has 3 aromatic heterocycles. The van der Waals surface area contributed by atoms with Gasteiger partial charge >= 0.3 is 6.18 Å². The molecule has 3 aliphatic heterocycles. The molecule has 0 aliphatic carbocycles. The minimum Gasteiger partial charge on any atom is -0.367 e. The second kappa shape index (κ2) is 12.5. The topological polar surface area (TPSA) is 110 Å². The Balaban J connectivity index is 0.953. The van der Waals surface area contributed by atoms with Crippen LogP contribution >= 0.6 is 11.3 Å². The second-order valence-electron chi connectivity index (χ2n) is 13.8. The molecule has 3 saturated heterocycles. The molecular formula is C33H39F3N8O2S2. The molecule has 3 fully saturated rings. The lowest BCUT2D eigenvalue weighted by molar-refractivity contribution is -0.126. The molecule has 0 saturated carbocycles. The Kier molecular flexibility index (Phi) is 8.68. The number of fused-ring (bicyclic) bond motifs is 2. The van der Waals surface area contributed by atoms with E-state index in [0.29, 0.717) is 41.4 Å². The highest BCUT2D eigenvalue weighted by Crippen LogP contribution is 2.40. The van der Waals surface area contributed by atoms with E-state index in [1.807, 2.05) is 6.07 Å². The molecule has 6 heterocycles. The van der Waals surface area contributed by atoms with Crippen LogP contribution in [0.1, 0.15) is 41.0 Å². The number of sulfonamides is 1. The molecule has 7 rings (SSSR count). The Labute approximate surface area is 282 Å². The van der Waals surface area contributed by atoms with Gasteiger partial charge in [-0.15, -0.1) is 11.3 Å². The first-order valence-electron chi connectivity index (χ1n) is 16.3. The number of alkyl halides is 3. The zero-order chi connectivity index (χ0) is 33.8. The van der Waals surface area contributed by atoms with Gasteiger partial charge < -0.3 is 14.8 Å². The number of likely N-dealkylation sites (tertiary alicyclic amines) is 2. The third-order valence-electron chi connectivity index (χ3n) is 10.3. The summed E-state index contributed by atoms with van der Waals surface area (Å²) in [6.07, 6.45) is 0.126. The number of aryl methyl sites for hydroxylation is 1. The summed E-state index contributed by atoms with van der Waals surface area (Å²) >= 11 is 1.06. The number of nitrogens with zero attached hydrogens (tertiary/aromatic N) is 7. The van der Waals surface area contributed by atoms with Crippen molar-refractivity contribution in [2.24, 2.45) is 5.41 Å². The van der Waals surface area contributed by atoms with Crippen molar-refractivity contribution >= 4 is 48.3 Å². The molecule has 0 atom stereocenters. The van der Waals surface area contributed by atoms with Gasteiger partial charge in [0.2, 0.25) is 10.0 Å². The van der Waals surface area contributed by atoms with E-state index in [0.717, 1.165) is 80.8 Å². The minimum atomic E-state index is -4.26. The summed E-state index contributed by atoms with van der Waals surface area (Å²) in [6.45, 7) is 9.14. The van der Waals surface area contributed by atoms with Crippen molar-refractivity contribution in [3.05, 3.63) is 52.3 Å². The van der Waals surface area contributed by atoms with E-state index >= 15 is 0 Å². The van der Waals surface area contributed by atoms with E-state index in [2.05, 4.69) is 54.8 Å². The molecule has 48 heavy (non-hydrogen) atoms. The summed E-state index contributed by atoms with van der Waals surface area (Å²) in [6, 6.07) is 10.4. The number of aromatic nitrogens is 3. The SMILES string of the molecule is Cc1c(CN2CCC(Nc3ncnc4sc(CC(F)(F)F)cc34)CC2)ccc2c1cc(C#N)n2CCN1CC2(CCN(S(C)(=O)=O)C2)C1. The molecule has 15 heteroatoms. The van der Waals surface area contributed by atoms with Crippen LogP contribution in [-0.4, -0.2) is 101 Å². The third-order valence-corrected chi connectivity index (χ3v) is 12.6. The molecule has 0 bridgehead atoms. The number of hydrogen-bond acceptors (Lipinski definition) is 9. The van der Waals surface area contributed by atoms with Gasteiger partial charge in [0.05, 0.1) is 18.1 Å². The molecule has 10 nitrogen and oxygen atoms in total. The van der Waals surface area contributed by atoms with Crippen molar-refractivity contribution in [2.45, 2.75) is 57.9 Å². The minimum absolute atomic E-state index is 0.0615. The van der Waals surface area contributed by atoms with Gasteiger partial charge in [0.25, 0.3) is 0 Å². The van der Waals surface area contributed by atoms with Crippen LogP contribution in [0.4, 0.5) is 19.0 Å². The Morgan fingerprint density at radius 2 is 1.83 bits per heavy atom. The summed E-state index contributed by atoms with van der Waals surface area (Å²) in [4.78, 5) is 14.1. The third kappa shape index (κ3) is 6.78. The van der Waals surface area contributed by atoms with E-state index in [-0.39, 0.29) is 16.3 Å². The summed E-state index contributed by atoms with van der Waals surface area (Å²) in [5.74, 6) is 0.591. The van der Waals surface area contributed by atoms with E-state index in [1.165, 1.54) is 23.7 Å². The van der Waals surface area contributed by atoms with Crippen molar-refractivity contribution in [2.75, 3.05) is 57.4 Å². The van der Waals surface area contributed by atoms with Crippen LogP contribution < -0.4 is 5.32 Å². The fraction of sp³-hybridized carbons (Fsp3) is 0.545. The van der Waals surface area contributed by atoms with Crippen LogP contribution in [0.2, 0.25) is 0 Å². The number of nitriles is 1. The molecule has 1 spiro atoms. The Hall–Kier alpha value is -3.29. The van der Waals surface area contributed by atoms with Crippen LogP contribution in [0.15, 0.2) is 30.6 Å². The number of anilines is 1. The number of piperidine rings is 1. The molecule has 0 unspecified atom stereocenters. The first-order valence-corrected chi connectivity index (χ1v) is 18.9. The van der Waals surface area contributed by atoms with Crippen LogP contribution in [0.3, 0.4) is 0 Å². The number of halogens is 3. The van der Waals surface area contributed by atoms with Gasteiger partial charge in [-0.05, 0) is 55.5 Å². The molecule has 0 amide bonds. The number of thiophene rings is 1. The normalized spacial score (nSPS) is 19.8. The fourth-order valence-corrected chi connectivity index (χ4v) is 9.70. The van der Waals surface area contributed by atoms with Gasteiger partial charge in [-0.25, -0.2) is 22.7 Å². The van der Waals surface area contributed by atoms with E-state index < -0.39 is 22.6 Å². The lowest BCUT2D eigenvalue weighted by Gasteiger charge is -2.48. The molecule has 256 valence electrons. The van der Waals surface area contributed by atoms with Gasteiger partial charge in [-0.3, -0.25) is 4.90 Å². The maximum Gasteiger partial charge on any atom is 0.393 e. The Morgan fingerprint density at radius 3 is 2.52 bits per heavy atom. The van der Waals surface area contributed by atoms with Crippen molar-refractivity contribution in [1.29, 1.82) is 5.26 Å². The molecule has 4 aromatic rings. The zero-order valence-corrected chi connectivity index (χ0v) is 28.7. The van der Waals surface area contributed by atoms with Crippen LogP contribution in [0.25, 0.3) is 21.1 Å². The highest BCUT2D eigenvalue weighted by atomic mass is 32.2. The standard InChI is InChI=1S/C33H39F3N8O2S2/c1-22-23(17-41-8-5-24(6-9-41)40-30-28-14-26(15-33(34,35)36)47-31(28)39-21-38-30)3-4-29-27(22)13-25(16-37)44(29)12-11-42-18-32(19-42)7-10-43(20-32)48(2,45)46/h3-4,13-14,21,24H,5-12,15,17-20H2,1-2H3,(H,38,39,40). The summed E-state index contributed by atoms with van der Waals surface area (Å²) in [5.41, 5.74) is 4.16. The van der Waals surface area contributed by atoms with E-state index in [1.54, 1.807) is 10.4 Å².